The van der Waals surface area contributed by atoms with Gasteiger partial charge in [-0.15, -0.1) is 0 Å². The standard InChI is InChI=1S/C13H19N3O4S/c1-9-11(16(17)18)4-3-5-13(9)21(19,20)15(2)12(8-14)10-6-7-10/h3-5,10,12H,6-8,14H2,1-2H3. The lowest BCUT2D eigenvalue weighted by molar-refractivity contribution is -0.385. The van der Waals surface area contributed by atoms with Gasteiger partial charge in [-0.1, -0.05) is 6.07 Å². The quantitative estimate of drug-likeness (QED) is 0.628. The average Bonchev–Trinajstić information content (AvgIpc) is 3.23. The Bertz CT molecular complexity index is 655. The molecule has 0 radical (unpaired) electrons. The zero-order chi connectivity index (χ0) is 15.8. The lowest BCUT2D eigenvalue weighted by Crippen LogP contribution is -2.43. The van der Waals surface area contributed by atoms with Crippen LogP contribution in [-0.2, 0) is 10.0 Å². The molecule has 0 aliphatic heterocycles. The molecule has 1 aromatic carbocycles. The number of nitro groups is 1. The predicted molar refractivity (Wildman–Crippen MR) is 78.3 cm³/mol. The molecule has 0 amide bonds. The van der Waals surface area contributed by atoms with Gasteiger partial charge in [-0.2, -0.15) is 4.31 Å². The number of nitrogens with zero attached hydrogens (tertiary/aromatic N) is 2. The van der Waals surface area contributed by atoms with Crippen LogP contribution in [0.25, 0.3) is 0 Å². The maximum Gasteiger partial charge on any atom is 0.273 e. The van der Waals surface area contributed by atoms with Crippen LogP contribution in [0.4, 0.5) is 5.69 Å². The molecule has 7 nitrogen and oxygen atoms in total. The third-order valence-electron chi connectivity index (χ3n) is 3.98. The van der Waals surface area contributed by atoms with Gasteiger partial charge in [0, 0.05) is 31.3 Å². The van der Waals surface area contributed by atoms with Crippen LogP contribution >= 0.6 is 0 Å². The minimum absolute atomic E-state index is 0.0294. The van der Waals surface area contributed by atoms with E-state index in [9.17, 15) is 18.5 Å². The van der Waals surface area contributed by atoms with Crippen molar-refractivity contribution < 1.29 is 13.3 Å². The number of hydrogen-bond donors (Lipinski definition) is 1. The summed E-state index contributed by atoms with van der Waals surface area (Å²) in [7, 11) is -2.30. The van der Waals surface area contributed by atoms with Gasteiger partial charge in [0.2, 0.25) is 10.0 Å². The highest BCUT2D eigenvalue weighted by Crippen LogP contribution is 2.37. The van der Waals surface area contributed by atoms with E-state index < -0.39 is 14.9 Å². The summed E-state index contributed by atoms with van der Waals surface area (Å²) in [5.74, 6) is 0.286. The molecule has 0 saturated heterocycles. The van der Waals surface area contributed by atoms with E-state index in [0.717, 1.165) is 12.8 Å². The fourth-order valence-electron chi connectivity index (χ4n) is 2.53. The molecule has 0 heterocycles. The molecule has 1 saturated carbocycles. The van der Waals surface area contributed by atoms with Crippen molar-refractivity contribution in [3.63, 3.8) is 0 Å². The molecule has 8 heteroatoms. The minimum atomic E-state index is -3.79. The molecule has 0 spiro atoms. The van der Waals surface area contributed by atoms with Crippen LogP contribution in [0.2, 0.25) is 0 Å². The summed E-state index contributed by atoms with van der Waals surface area (Å²) in [5, 5.41) is 11.0. The van der Waals surface area contributed by atoms with Crippen molar-refractivity contribution in [3.8, 4) is 0 Å². The van der Waals surface area contributed by atoms with E-state index in [2.05, 4.69) is 0 Å². The van der Waals surface area contributed by atoms with E-state index in [1.807, 2.05) is 0 Å². The van der Waals surface area contributed by atoms with Gasteiger partial charge in [0.1, 0.15) is 0 Å². The summed E-state index contributed by atoms with van der Waals surface area (Å²) in [6, 6.07) is 3.83. The highest BCUT2D eigenvalue weighted by molar-refractivity contribution is 7.89. The van der Waals surface area contributed by atoms with E-state index in [-0.39, 0.29) is 34.7 Å². The first-order valence-electron chi connectivity index (χ1n) is 6.72. The number of hydrogen-bond acceptors (Lipinski definition) is 5. The average molecular weight is 313 g/mol. The summed E-state index contributed by atoms with van der Waals surface area (Å²) in [5.41, 5.74) is 5.65. The summed E-state index contributed by atoms with van der Waals surface area (Å²) < 4.78 is 26.7. The Morgan fingerprint density at radius 3 is 2.57 bits per heavy atom. The van der Waals surface area contributed by atoms with Gasteiger partial charge in [-0.05, 0) is 31.7 Å². The molecular weight excluding hydrogens is 294 g/mol. The lowest BCUT2D eigenvalue weighted by atomic mass is 10.2. The SMILES string of the molecule is Cc1c([N+](=O)[O-])cccc1S(=O)(=O)N(C)C(CN)C1CC1. The van der Waals surface area contributed by atoms with Crippen molar-refractivity contribution in [2.45, 2.75) is 30.7 Å². The van der Waals surface area contributed by atoms with Crippen molar-refractivity contribution in [3.05, 3.63) is 33.9 Å². The topological polar surface area (TPSA) is 107 Å². The van der Waals surface area contributed by atoms with E-state index >= 15 is 0 Å². The Morgan fingerprint density at radius 1 is 1.48 bits per heavy atom. The minimum Gasteiger partial charge on any atom is -0.329 e. The van der Waals surface area contributed by atoms with Crippen molar-refractivity contribution in [1.29, 1.82) is 0 Å². The molecule has 2 N–H and O–H groups in total. The second-order valence-electron chi connectivity index (χ2n) is 5.32. The number of sulfonamides is 1. The first-order valence-corrected chi connectivity index (χ1v) is 8.16. The van der Waals surface area contributed by atoms with E-state index in [1.165, 1.54) is 36.5 Å². The normalized spacial score (nSPS) is 17.0. The molecule has 2 rings (SSSR count). The molecule has 1 fully saturated rings. The van der Waals surface area contributed by atoms with Gasteiger partial charge in [0.25, 0.3) is 5.69 Å². The van der Waals surface area contributed by atoms with Crippen LogP contribution in [0.3, 0.4) is 0 Å². The van der Waals surface area contributed by atoms with Crippen LogP contribution < -0.4 is 5.73 Å². The van der Waals surface area contributed by atoms with Gasteiger partial charge in [-0.25, -0.2) is 8.42 Å². The number of nitro benzene ring substituents is 1. The van der Waals surface area contributed by atoms with Crippen LogP contribution in [-0.4, -0.2) is 37.3 Å². The van der Waals surface area contributed by atoms with Crippen LogP contribution in [0, 0.1) is 23.0 Å². The van der Waals surface area contributed by atoms with Gasteiger partial charge in [0.15, 0.2) is 0 Å². The number of likely N-dealkylation sites (N-methyl/N-ethyl adjacent to an activating group) is 1. The summed E-state index contributed by atoms with van der Waals surface area (Å²) in [6.45, 7) is 1.70. The first-order chi connectivity index (χ1) is 9.80. The third kappa shape index (κ3) is 2.92. The zero-order valence-corrected chi connectivity index (χ0v) is 12.8. The molecule has 0 aromatic heterocycles. The first kappa shape index (κ1) is 15.9. The molecule has 21 heavy (non-hydrogen) atoms. The molecule has 116 valence electrons. The fourth-order valence-corrected chi connectivity index (χ4v) is 4.20. The van der Waals surface area contributed by atoms with Gasteiger partial charge in [0.05, 0.1) is 9.82 Å². The maximum absolute atomic E-state index is 12.7. The molecule has 1 atom stereocenters. The predicted octanol–water partition coefficient (Wildman–Crippen LogP) is 1.26. The Hall–Kier alpha value is -1.51. The fraction of sp³-hybridized carbons (Fsp3) is 0.538. The molecule has 1 unspecified atom stereocenters. The summed E-state index contributed by atoms with van der Waals surface area (Å²) >= 11 is 0. The monoisotopic (exact) mass is 313 g/mol. The Labute approximate surface area is 123 Å². The van der Waals surface area contributed by atoms with Crippen LogP contribution in [0.5, 0.6) is 0 Å². The van der Waals surface area contributed by atoms with E-state index in [0.29, 0.717) is 0 Å². The highest BCUT2D eigenvalue weighted by Gasteiger charge is 2.39. The largest absolute Gasteiger partial charge is 0.329 e. The van der Waals surface area contributed by atoms with Crippen LogP contribution in [0.1, 0.15) is 18.4 Å². The van der Waals surface area contributed by atoms with Crippen molar-refractivity contribution >= 4 is 15.7 Å². The zero-order valence-electron chi connectivity index (χ0n) is 12.0. The molecule has 1 aromatic rings. The van der Waals surface area contributed by atoms with Gasteiger partial charge >= 0.3 is 0 Å². The second-order valence-corrected chi connectivity index (χ2v) is 7.29. The van der Waals surface area contributed by atoms with E-state index in [4.69, 9.17) is 5.73 Å². The summed E-state index contributed by atoms with van der Waals surface area (Å²) in [6.07, 6.45) is 1.94. The van der Waals surface area contributed by atoms with E-state index in [1.54, 1.807) is 0 Å². The Kier molecular flexibility index (Phi) is 4.31. The number of rotatable bonds is 6. The molecular formula is C13H19N3O4S. The molecule has 1 aliphatic rings. The Morgan fingerprint density at radius 2 is 2.10 bits per heavy atom. The van der Waals surface area contributed by atoms with Crippen molar-refractivity contribution in [1.82, 2.24) is 4.31 Å². The Balaban J connectivity index is 2.44. The maximum atomic E-state index is 12.7. The molecule has 0 bridgehead atoms. The molecule has 1 aliphatic carbocycles. The van der Waals surface area contributed by atoms with Gasteiger partial charge in [-0.3, -0.25) is 10.1 Å². The number of benzene rings is 1. The third-order valence-corrected chi connectivity index (χ3v) is 6.01. The van der Waals surface area contributed by atoms with Crippen LogP contribution in [0.15, 0.2) is 23.1 Å². The lowest BCUT2D eigenvalue weighted by Gasteiger charge is -2.26. The van der Waals surface area contributed by atoms with Gasteiger partial charge < -0.3 is 5.73 Å². The second kappa shape index (κ2) is 5.70. The number of nitrogens with two attached hydrogens (primary N) is 1. The van der Waals surface area contributed by atoms with Crippen molar-refractivity contribution in [2.24, 2.45) is 11.7 Å². The van der Waals surface area contributed by atoms with Crippen molar-refractivity contribution in [2.75, 3.05) is 13.6 Å². The summed E-state index contributed by atoms with van der Waals surface area (Å²) in [4.78, 5) is 10.4. The smallest absolute Gasteiger partial charge is 0.273 e. The highest BCUT2D eigenvalue weighted by atomic mass is 32.2.